The van der Waals surface area contributed by atoms with E-state index in [0.29, 0.717) is 19.4 Å². The number of fused-ring (bicyclic) bond motifs is 2. The summed E-state index contributed by atoms with van der Waals surface area (Å²) in [7, 11) is 0. The Labute approximate surface area is 118 Å². The molecule has 3 aliphatic rings. The van der Waals surface area contributed by atoms with E-state index >= 15 is 0 Å². The highest BCUT2D eigenvalue weighted by Gasteiger charge is 2.48. The highest BCUT2D eigenvalue weighted by Crippen LogP contribution is 2.38. The van der Waals surface area contributed by atoms with Crippen LogP contribution in [-0.2, 0) is 4.79 Å². The molecule has 0 saturated carbocycles. The number of hydrogen-bond acceptors (Lipinski definition) is 3. The van der Waals surface area contributed by atoms with Crippen molar-refractivity contribution in [2.75, 3.05) is 6.54 Å². The van der Waals surface area contributed by atoms with Gasteiger partial charge in [0, 0.05) is 18.6 Å². The molecular weight excluding hydrogens is 260 g/mol. The van der Waals surface area contributed by atoms with E-state index in [1.165, 1.54) is 4.90 Å². The molecule has 112 valence electrons. The lowest BCUT2D eigenvalue weighted by atomic mass is 10.00. The molecule has 0 aromatic rings. The molecule has 0 aliphatic carbocycles. The van der Waals surface area contributed by atoms with Crippen molar-refractivity contribution >= 4 is 12.0 Å². The number of likely N-dealkylation sites (tertiary alicyclic amines) is 1. The van der Waals surface area contributed by atoms with E-state index in [1.807, 2.05) is 11.8 Å². The Balaban J connectivity index is 1.78. The molecule has 0 radical (unpaired) electrons. The van der Waals surface area contributed by atoms with Gasteiger partial charge in [-0.05, 0) is 38.0 Å². The van der Waals surface area contributed by atoms with Gasteiger partial charge in [0.15, 0.2) is 0 Å². The zero-order chi connectivity index (χ0) is 14.4. The first-order valence-corrected chi connectivity index (χ1v) is 7.49. The molecule has 6 nitrogen and oxygen atoms in total. The van der Waals surface area contributed by atoms with E-state index in [1.54, 1.807) is 0 Å². The SMILES string of the molecule is CC1CCN(C(=O)N2C3CCC2CC(O)C3)C1C(=O)O. The number of nitrogens with zero attached hydrogens (tertiary/aromatic N) is 2. The van der Waals surface area contributed by atoms with Gasteiger partial charge in [-0.3, -0.25) is 0 Å². The molecule has 0 aromatic heterocycles. The average Bonchev–Trinajstić information content (AvgIpc) is 2.88. The monoisotopic (exact) mass is 282 g/mol. The minimum atomic E-state index is -0.909. The lowest BCUT2D eigenvalue weighted by Crippen LogP contribution is -2.55. The van der Waals surface area contributed by atoms with Crippen LogP contribution < -0.4 is 0 Å². The van der Waals surface area contributed by atoms with Crippen LogP contribution in [0.2, 0.25) is 0 Å². The lowest BCUT2D eigenvalue weighted by molar-refractivity contribution is -0.142. The molecule has 3 aliphatic heterocycles. The number of carboxylic acid groups (broad SMARTS) is 1. The van der Waals surface area contributed by atoms with Gasteiger partial charge in [0.05, 0.1) is 6.10 Å². The maximum atomic E-state index is 12.7. The Morgan fingerprint density at radius 1 is 1.10 bits per heavy atom. The third kappa shape index (κ3) is 2.06. The van der Waals surface area contributed by atoms with Crippen LogP contribution in [0.15, 0.2) is 0 Å². The number of carbonyl (C=O) groups excluding carboxylic acids is 1. The summed E-state index contributed by atoms with van der Waals surface area (Å²) in [5.74, 6) is -0.905. The number of aliphatic carboxylic acids is 1. The number of aliphatic hydroxyl groups is 1. The summed E-state index contributed by atoms with van der Waals surface area (Å²) in [6.45, 7) is 2.41. The predicted molar refractivity (Wildman–Crippen MR) is 71.2 cm³/mol. The number of carboxylic acids is 1. The van der Waals surface area contributed by atoms with Crippen LogP contribution in [0.1, 0.15) is 39.0 Å². The minimum absolute atomic E-state index is 0.00415. The summed E-state index contributed by atoms with van der Waals surface area (Å²) >= 11 is 0. The maximum Gasteiger partial charge on any atom is 0.326 e. The smallest absolute Gasteiger partial charge is 0.326 e. The van der Waals surface area contributed by atoms with Crippen LogP contribution in [0.3, 0.4) is 0 Å². The summed E-state index contributed by atoms with van der Waals surface area (Å²) in [6.07, 6.45) is 3.54. The van der Waals surface area contributed by atoms with Gasteiger partial charge in [0.2, 0.25) is 0 Å². The van der Waals surface area contributed by atoms with Gasteiger partial charge in [-0.1, -0.05) is 6.92 Å². The number of hydrogen-bond donors (Lipinski definition) is 2. The molecule has 0 aromatic carbocycles. The molecule has 4 atom stereocenters. The molecule has 20 heavy (non-hydrogen) atoms. The molecular formula is C14H22N2O4. The van der Waals surface area contributed by atoms with Crippen LogP contribution >= 0.6 is 0 Å². The summed E-state index contributed by atoms with van der Waals surface area (Å²) < 4.78 is 0. The molecule has 0 spiro atoms. The summed E-state index contributed by atoms with van der Waals surface area (Å²) in [4.78, 5) is 27.5. The number of carbonyl (C=O) groups is 2. The zero-order valence-corrected chi connectivity index (χ0v) is 11.7. The van der Waals surface area contributed by atoms with E-state index in [9.17, 15) is 19.8 Å². The summed E-state index contributed by atoms with van der Waals surface area (Å²) in [5, 5.41) is 19.1. The molecule has 3 saturated heterocycles. The quantitative estimate of drug-likeness (QED) is 0.748. The Kier molecular flexibility index (Phi) is 3.36. The van der Waals surface area contributed by atoms with Crippen LogP contribution in [0.25, 0.3) is 0 Å². The van der Waals surface area contributed by atoms with E-state index < -0.39 is 12.0 Å². The van der Waals surface area contributed by atoms with Crippen LogP contribution in [-0.4, -0.2) is 62.8 Å². The van der Waals surface area contributed by atoms with Gasteiger partial charge in [-0.2, -0.15) is 0 Å². The van der Waals surface area contributed by atoms with E-state index in [4.69, 9.17) is 0 Å². The highest BCUT2D eigenvalue weighted by atomic mass is 16.4. The van der Waals surface area contributed by atoms with Gasteiger partial charge in [-0.25, -0.2) is 9.59 Å². The second kappa shape index (κ2) is 4.91. The van der Waals surface area contributed by atoms with Crippen molar-refractivity contribution in [3.8, 4) is 0 Å². The number of aliphatic hydroxyl groups excluding tert-OH is 1. The zero-order valence-electron chi connectivity index (χ0n) is 11.7. The first kappa shape index (κ1) is 13.7. The molecule has 6 heteroatoms. The van der Waals surface area contributed by atoms with Crippen molar-refractivity contribution in [3.05, 3.63) is 0 Å². The molecule has 3 fully saturated rings. The highest BCUT2D eigenvalue weighted by molar-refractivity contribution is 5.84. The van der Waals surface area contributed by atoms with Crippen molar-refractivity contribution in [2.24, 2.45) is 5.92 Å². The lowest BCUT2D eigenvalue weighted by Gasteiger charge is -2.40. The molecule has 3 heterocycles. The summed E-state index contributed by atoms with van der Waals surface area (Å²) in [5.41, 5.74) is 0. The van der Waals surface area contributed by atoms with Gasteiger partial charge in [0.25, 0.3) is 0 Å². The number of piperidine rings is 1. The van der Waals surface area contributed by atoms with Crippen LogP contribution in [0.4, 0.5) is 4.79 Å². The largest absolute Gasteiger partial charge is 0.480 e. The predicted octanol–water partition coefficient (Wildman–Crippen LogP) is 0.889. The second-order valence-corrected chi connectivity index (χ2v) is 6.44. The second-order valence-electron chi connectivity index (χ2n) is 6.44. The standard InChI is InChI=1S/C14H22N2O4/c1-8-4-5-15(12(8)13(18)19)14(20)16-9-2-3-10(16)7-11(17)6-9/h8-12,17H,2-7H2,1H3,(H,18,19). The normalized spacial score (nSPS) is 40.2. The van der Waals surface area contributed by atoms with Gasteiger partial charge < -0.3 is 20.0 Å². The van der Waals surface area contributed by atoms with Crippen LogP contribution in [0, 0.1) is 5.92 Å². The van der Waals surface area contributed by atoms with Crippen LogP contribution in [0.5, 0.6) is 0 Å². The fourth-order valence-electron chi connectivity index (χ4n) is 4.15. The Morgan fingerprint density at radius 3 is 2.25 bits per heavy atom. The van der Waals surface area contributed by atoms with E-state index in [0.717, 1.165) is 19.3 Å². The van der Waals surface area contributed by atoms with E-state index in [-0.39, 0.29) is 30.1 Å². The van der Waals surface area contributed by atoms with Crippen molar-refractivity contribution in [1.29, 1.82) is 0 Å². The number of rotatable bonds is 1. The van der Waals surface area contributed by atoms with Crippen molar-refractivity contribution in [2.45, 2.75) is 63.3 Å². The van der Waals surface area contributed by atoms with Gasteiger partial charge in [0.1, 0.15) is 6.04 Å². The minimum Gasteiger partial charge on any atom is -0.480 e. The molecule has 3 rings (SSSR count). The third-order valence-corrected chi connectivity index (χ3v) is 5.13. The Bertz CT molecular complexity index is 413. The topological polar surface area (TPSA) is 81.1 Å². The first-order valence-electron chi connectivity index (χ1n) is 7.49. The van der Waals surface area contributed by atoms with Crippen molar-refractivity contribution in [3.63, 3.8) is 0 Å². The molecule has 4 unspecified atom stereocenters. The molecule has 2 bridgehead atoms. The maximum absolute atomic E-state index is 12.7. The summed E-state index contributed by atoms with van der Waals surface area (Å²) in [6, 6.07) is -0.668. The molecule has 2 N–H and O–H groups in total. The first-order chi connectivity index (χ1) is 9.49. The van der Waals surface area contributed by atoms with Crippen molar-refractivity contribution in [1.82, 2.24) is 9.80 Å². The number of urea groups is 1. The Morgan fingerprint density at radius 2 is 1.70 bits per heavy atom. The fraction of sp³-hybridized carbons (Fsp3) is 0.857. The number of amides is 2. The molecule has 2 amide bonds. The average molecular weight is 282 g/mol. The van der Waals surface area contributed by atoms with Gasteiger partial charge in [-0.15, -0.1) is 0 Å². The Hall–Kier alpha value is -1.30. The third-order valence-electron chi connectivity index (χ3n) is 5.13. The fourth-order valence-corrected chi connectivity index (χ4v) is 4.15. The van der Waals surface area contributed by atoms with E-state index in [2.05, 4.69) is 0 Å². The van der Waals surface area contributed by atoms with Crippen molar-refractivity contribution < 1.29 is 19.8 Å². The van der Waals surface area contributed by atoms with Gasteiger partial charge >= 0.3 is 12.0 Å².